The number of hydrogen-bond acceptors (Lipinski definition) is 9. The van der Waals surface area contributed by atoms with E-state index in [2.05, 4.69) is 5.32 Å². The average molecular weight is 385 g/mol. The maximum Gasteiger partial charge on any atom is 0.336 e. The minimum absolute atomic E-state index is 0.0484. The van der Waals surface area contributed by atoms with E-state index in [9.17, 15) is 24.0 Å². The van der Waals surface area contributed by atoms with Gasteiger partial charge in [-0.3, -0.25) is 19.2 Å². The zero-order chi connectivity index (χ0) is 20.7. The summed E-state index contributed by atoms with van der Waals surface area (Å²) in [4.78, 5) is 58.5. The highest BCUT2D eigenvalue weighted by Gasteiger charge is 2.48. The summed E-state index contributed by atoms with van der Waals surface area (Å²) < 4.78 is 20.5. The molecule has 0 bridgehead atoms. The highest BCUT2D eigenvalue weighted by molar-refractivity contribution is 5.92. The SMILES string of the molecule is CCOC(=O)C1=C[C@@H](OC(C)=O)[C@@H](OC(C)=O)[C@H](OC(C)=O)[C@H]1NC(C)=O. The molecule has 0 heterocycles. The van der Waals surface area contributed by atoms with Crippen molar-refractivity contribution in [2.24, 2.45) is 0 Å². The molecule has 1 amide bonds. The van der Waals surface area contributed by atoms with Crippen molar-refractivity contribution < 1.29 is 42.9 Å². The Hall–Kier alpha value is -2.91. The van der Waals surface area contributed by atoms with Gasteiger partial charge in [-0.15, -0.1) is 0 Å². The predicted octanol–water partition coefficient (Wildman–Crippen LogP) is -0.211. The molecular formula is C17H23NO9. The van der Waals surface area contributed by atoms with Crippen LogP contribution in [-0.4, -0.2) is 60.7 Å². The van der Waals surface area contributed by atoms with Crippen LogP contribution in [0.1, 0.15) is 34.6 Å². The molecule has 0 saturated heterocycles. The van der Waals surface area contributed by atoms with E-state index in [4.69, 9.17) is 18.9 Å². The van der Waals surface area contributed by atoms with Gasteiger partial charge in [-0.05, 0) is 13.0 Å². The van der Waals surface area contributed by atoms with E-state index >= 15 is 0 Å². The summed E-state index contributed by atoms with van der Waals surface area (Å²) in [6, 6.07) is -1.17. The lowest BCUT2D eigenvalue weighted by Crippen LogP contribution is -2.59. The first-order valence-corrected chi connectivity index (χ1v) is 8.24. The maximum absolute atomic E-state index is 12.4. The van der Waals surface area contributed by atoms with E-state index < -0.39 is 54.1 Å². The number of nitrogens with one attached hydrogen (secondary N) is 1. The van der Waals surface area contributed by atoms with Gasteiger partial charge in [0.1, 0.15) is 6.04 Å². The third-order valence-corrected chi connectivity index (χ3v) is 3.43. The topological polar surface area (TPSA) is 134 Å². The van der Waals surface area contributed by atoms with E-state index in [-0.39, 0.29) is 12.2 Å². The van der Waals surface area contributed by atoms with Gasteiger partial charge in [-0.25, -0.2) is 4.79 Å². The molecule has 150 valence electrons. The second kappa shape index (κ2) is 9.70. The number of esters is 4. The summed E-state index contributed by atoms with van der Waals surface area (Å²) in [5.74, 6) is -3.52. The van der Waals surface area contributed by atoms with Crippen molar-refractivity contribution in [2.45, 2.75) is 59.0 Å². The van der Waals surface area contributed by atoms with E-state index in [1.807, 2.05) is 0 Å². The van der Waals surface area contributed by atoms with Crippen molar-refractivity contribution in [3.63, 3.8) is 0 Å². The molecule has 0 fully saturated rings. The molecule has 0 spiro atoms. The molecule has 10 heteroatoms. The van der Waals surface area contributed by atoms with Gasteiger partial charge in [0.25, 0.3) is 0 Å². The van der Waals surface area contributed by atoms with Crippen molar-refractivity contribution in [2.75, 3.05) is 6.61 Å². The Morgan fingerprint density at radius 2 is 1.41 bits per heavy atom. The van der Waals surface area contributed by atoms with E-state index in [1.54, 1.807) is 6.92 Å². The standard InChI is InChI=1S/C17H23NO9/c1-6-24-17(23)12-7-13(25-9(3)20)15(26-10(4)21)16(27-11(5)22)14(12)18-8(2)19/h7,13-16H,6H2,1-5H3,(H,18,19)/t13-,14+,15-,16-/m1/s1. The Morgan fingerprint density at radius 1 is 0.889 bits per heavy atom. The molecule has 0 saturated carbocycles. The van der Waals surface area contributed by atoms with Crippen LogP contribution in [0.2, 0.25) is 0 Å². The second-order valence-electron chi connectivity index (χ2n) is 5.74. The van der Waals surface area contributed by atoms with Crippen molar-refractivity contribution in [3.05, 3.63) is 11.6 Å². The molecule has 0 aromatic heterocycles. The normalized spacial score (nSPS) is 24.1. The molecule has 4 atom stereocenters. The first-order valence-electron chi connectivity index (χ1n) is 8.24. The van der Waals surface area contributed by atoms with Crippen molar-refractivity contribution in [1.82, 2.24) is 5.32 Å². The van der Waals surface area contributed by atoms with E-state index in [0.717, 1.165) is 20.8 Å². The Labute approximate surface area is 156 Å². The molecule has 1 rings (SSSR count). The van der Waals surface area contributed by atoms with E-state index in [0.29, 0.717) is 0 Å². The van der Waals surface area contributed by atoms with Gasteiger partial charge in [0.2, 0.25) is 5.91 Å². The Morgan fingerprint density at radius 3 is 1.85 bits per heavy atom. The second-order valence-corrected chi connectivity index (χ2v) is 5.74. The minimum Gasteiger partial charge on any atom is -0.463 e. The number of rotatable bonds is 6. The monoisotopic (exact) mass is 385 g/mol. The van der Waals surface area contributed by atoms with Crippen LogP contribution in [0.3, 0.4) is 0 Å². The summed E-state index contributed by atoms with van der Waals surface area (Å²) in [5, 5.41) is 2.49. The van der Waals surface area contributed by atoms with Crippen LogP contribution in [0.25, 0.3) is 0 Å². The fourth-order valence-corrected chi connectivity index (χ4v) is 2.66. The van der Waals surface area contributed by atoms with Crippen LogP contribution in [0, 0.1) is 0 Å². The molecule has 0 unspecified atom stereocenters. The molecule has 10 nitrogen and oxygen atoms in total. The zero-order valence-corrected chi connectivity index (χ0v) is 15.8. The summed E-state index contributed by atoms with van der Waals surface area (Å²) in [7, 11) is 0. The van der Waals surface area contributed by atoms with Gasteiger partial charge >= 0.3 is 23.9 Å². The smallest absolute Gasteiger partial charge is 0.336 e. The molecule has 1 aliphatic rings. The fourth-order valence-electron chi connectivity index (χ4n) is 2.66. The Balaban J connectivity index is 3.50. The van der Waals surface area contributed by atoms with Gasteiger partial charge in [0.15, 0.2) is 18.3 Å². The van der Waals surface area contributed by atoms with Gasteiger partial charge in [0, 0.05) is 27.7 Å². The maximum atomic E-state index is 12.4. The molecule has 0 aromatic rings. The number of carbonyl (C=O) groups is 5. The molecule has 0 aromatic carbocycles. The Kier molecular flexibility index (Phi) is 7.95. The lowest BCUT2D eigenvalue weighted by atomic mass is 9.86. The highest BCUT2D eigenvalue weighted by Crippen LogP contribution is 2.28. The number of amides is 1. The first kappa shape index (κ1) is 22.1. The molecule has 1 aliphatic carbocycles. The molecule has 27 heavy (non-hydrogen) atoms. The lowest BCUT2D eigenvalue weighted by Gasteiger charge is -2.39. The average Bonchev–Trinajstić information content (AvgIpc) is 2.51. The van der Waals surface area contributed by atoms with E-state index in [1.165, 1.54) is 13.0 Å². The first-order chi connectivity index (χ1) is 12.6. The largest absolute Gasteiger partial charge is 0.463 e. The van der Waals surface area contributed by atoms with Crippen molar-refractivity contribution in [1.29, 1.82) is 0 Å². The summed E-state index contributed by atoms with van der Waals surface area (Å²) in [5.41, 5.74) is -0.0899. The summed E-state index contributed by atoms with van der Waals surface area (Å²) in [6.07, 6.45) is -2.59. The quantitative estimate of drug-likeness (QED) is 0.487. The highest BCUT2D eigenvalue weighted by atomic mass is 16.6. The Bertz CT molecular complexity index is 655. The van der Waals surface area contributed by atoms with Crippen LogP contribution in [0.5, 0.6) is 0 Å². The lowest BCUT2D eigenvalue weighted by molar-refractivity contribution is -0.183. The number of carbonyl (C=O) groups excluding carboxylic acids is 5. The predicted molar refractivity (Wildman–Crippen MR) is 89.0 cm³/mol. The van der Waals surface area contributed by atoms with Crippen molar-refractivity contribution >= 4 is 29.8 Å². The molecule has 0 aliphatic heterocycles. The van der Waals surface area contributed by atoms with Crippen LogP contribution in [0.15, 0.2) is 11.6 Å². The van der Waals surface area contributed by atoms with Gasteiger partial charge in [-0.1, -0.05) is 0 Å². The molecule has 0 radical (unpaired) electrons. The third kappa shape index (κ3) is 6.39. The number of hydrogen-bond donors (Lipinski definition) is 1. The van der Waals surface area contributed by atoms with Crippen LogP contribution in [0.4, 0.5) is 0 Å². The third-order valence-electron chi connectivity index (χ3n) is 3.43. The molecular weight excluding hydrogens is 362 g/mol. The van der Waals surface area contributed by atoms with Crippen molar-refractivity contribution in [3.8, 4) is 0 Å². The van der Waals surface area contributed by atoms with Gasteiger partial charge < -0.3 is 24.3 Å². The minimum atomic E-state index is -1.32. The van der Waals surface area contributed by atoms with Gasteiger partial charge in [-0.2, -0.15) is 0 Å². The number of ether oxygens (including phenoxy) is 4. The fraction of sp³-hybridized carbons (Fsp3) is 0.588. The van der Waals surface area contributed by atoms with Crippen LogP contribution >= 0.6 is 0 Å². The van der Waals surface area contributed by atoms with Crippen LogP contribution < -0.4 is 5.32 Å². The summed E-state index contributed by atoms with van der Waals surface area (Å²) in [6.45, 7) is 6.19. The summed E-state index contributed by atoms with van der Waals surface area (Å²) >= 11 is 0. The van der Waals surface area contributed by atoms with Gasteiger partial charge in [0.05, 0.1) is 12.2 Å². The molecule has 1 N–H and O–H groups in total. The van der Waals surface area contributed by atoms with Crippen LogP contribution in [-0.2, 0) is 42.9 Å². The zero-order valence-electron chi connectivity index (χ0n) is 15.8.